The molecule has 63 heavy (non-hydrogen) atoms. The molecule has 0 aliphatic carbocycles. The number of aliphatic hydroxyl groups is 3. The molecule has 8 atom stereocenters. The second kappa shape index (κ2) is 13.6. The number of phenols is 11. The first-order valence-corrected chi connectivity index (χ1v) is 19.3. The second-order valence-electron chi connectivity index (χ2n) is 15.9. The highest BCUT2D eigenvalue weighted by Gasteiger charge is 2.60. The normalized spacial score (nSPS) is 25.2. The van der Waals surface area contributed by atoms with Gasteiger partial charge in [-0.2, -0.15) is 0 Å². The van der Waals surface area contributed by atoms with Crippen molar-refractivity contribution in [1.29, 1.82) is 0 Å². The SMILES string of the molecule is Oc1cc(O)c2c(c1)O[C@@]1(c3ccc(O)c(O)c3)Oc3cc4c(c(O)c3[C@@H]2[C@H]1O)[C@H](c1c(O)cc(O)c2c1O[C@H](c1ccc(O)c(O)c1)[C@H](O)C2)[C@H](O)[C@@H](c1ccc(O)c(O)c1)O4. The van der Waals surface area contributed by atoms with Crippen LogP contribution in [0.4, 0.5) is 0 Å². The van der Waals surface area contributed by atoms with E-state index in [0.29, 0.717) is 0 Å². The summed E-state index contributed by atoms with van der Waals surface area (Å²) in [5.41, 5.74) is -0.703. The summed E-state index contributed by atoms with van der Waals surface area (Å²) in [6.07, 6.45) is -8.22. The third-order valence-corrected chi connectivity index (χ3v) is 12.2. The Morgan fingerprint density at radius 3 is 1.67 bits per heavy atom. The lowest BCUT2D eigenvalue weighted by molar-refractivity contribution is -0.218. The molecule has 6 aromatic rings. The van der Waals surface area contributed by atoms with Gasteiger partial charge >= 0.3 is 5.79 Å². The van der Waals surface area contributed by atoms with Gasteiger partial charge in [0.25, 0.3) is 0 Å². The van der Waals surface area contributed by atoms with Crippen LogP contribution in [0.2, 0.25) is 0 Å². The standard InChI is InChI=1S/C45H36O18/c46-18-10-27(54)33-31(11-18)62-45(17-3-6-22(49)26(53)9-17)44(59)38(33)36-32(63-45)14-30-35(39(36)57)37(40(58)42(60-30)16-2-5-21(48)25(52)8-16)34-28(55)13-23(50)19-12-29(56)41(61-43(19)34)15-1-4-20(47)24(51)7-15/h1-11,13-14,29,37-38,40-42,44,46-59H,12H2/t29-,37+,38-,40+,41-,42-,44-,45+/m1/s1. The van der Waals surface area contributed by atoms with Crippen molar-refractivity contribution >= 4 is 0 Å². The first-order chi connectivity index (χ1) is 30.0. The Labute approximate surface area is 354 Å². The van der Waals surface area contributed by atoms with Crippen molar-refractivity contribution in [3.05, 3.63) is 123 Å². The zero-order valence-electron chi connectivity index (χ0n) is 32.1. The molecule has 18 heteroatoms. The highest BCUT2D eigenvalue weighted by atomic mass is 16.7. The smallest absolute Gasteiger partial charge is 0.305 e. The Hall–Kier alpha value is -7.80. The van der Waals surface area contributed by atoms with E-state index in [-0.39, 0.29) is 73.9 Å². The van der Waals surface area contributed by atoms with Gasteiger partial charge in [-0.1, -0.05) is 12.1 Å². The Morgan fingerprint density at radius 1 is 0.460 bits per heavy atom. The molecule has 0 amide bonds. The summed E-state index contributed by atoms with van der Waals surface area (Å²) in [7, 11) is 0. The number of aliphatic hydroxyl groups excluding tert-OH is 3. The molecular weight excluding hydrogens is 828 g/mol. The topological polar surface area (TPSA) is 320 Å². The fourth-order valence-corrected chi connectivity index (χ4v) is 9.31. The molecule has 0 saturated heterocycles. The minimum Gasteiger partial charge on any atom is -0.508 e. The molecule has 0 spiro atoms. The van der Waals surface area contributed by atoms with Crippen molar-refractivity contribution < 1.29 is 90.4 Å². The molecule has 18 nitrogen and oxygen atoms in total. The highest BCUT2D eigenvalue weighted by Crippen LogP contribution is 2.65. The monoisotopic (exact) mass is 864 g/mol. The van der Waals surface area contributed by atoms with Crippen LogP contribution >= 0.6 is 0 Å². The van der Waals surface area contributed by atoms with Crippen molar-refractivity contribution in [3.63, 3.8) is 0 Å². The van der Waals surface area contributed by atoms with Gasteiger partial charge in [0, 0.05) is 64.1 Å². The van der Waals surface area contributed by atoms with Gasteiger partial charge < -0.3 is 90.4 Å². The summed E-state index contributed by atoms with van der Waals surface area (Å²) < 4.78 is 25.4. The Bertz CT molecular complexity index is 2910. The molecule has 0 radical (unpaired) electrons. The minimum atomic E-state index is -2.31. The summed E-state index contributed by atoms with van der Waals surface area (Å²) in [6.45, 7) is 0. The quantitative estimate of drug-likeness (QED) is 0.110. The van der Waals surface area contributed by atoms with Crippen molar-refractivity contribution in [2.45, 2.75) is 54.6 Å². The lowest BCUT2D eigenvalue weighted by Crippen LogP contribution is -2.57. The third kappa shape index (κ3) is 5.68. The van der Waals surface area contributed by atoms with E-state index in [0.717, 1.165) is 54.6 Å². The van der Waals surface area contributed by atoms with Crippen LogP contribution in [0.15, 0.2) is 78.9 Å². The van der Waals surface area contributed by atoms with Crippen LogP contribution in [0, 0.1) is 0 Å². The molecular formula is C45H36O18. The molecule has 0 saturated carbocycles. The zero-order chi connectivity index (χ0) is 44.5. The Balaban J connectivity index is 1.23. The van der Waals surface area contributed by atoms with Gasteiger partial charge in [-0.15, -0.1) is 0 Å². The van der Waals surface area contributed by atoms with Gasteiger partial charge in [-0.3, -0.25) is 0 Å². The van der Waals surface area contributed by atoms with Crippen LogP contribution in [-0.4, -0.2) is 89.8 Å². The fourth-order valence-electron chi connectivity index (χ4n) is 9.31. The third-order valence-electron chi connectivity index (χ3n) is 12.2. The summed E-state index contributed by atoms with van der Waals surface area (Å²) in [4.78, 5) is 0. The zero-order valence-corrected chi connectivity index (χ0v) is 32.1. The van der Waals surface area contributed by atoms with E-state index >= 15 is 0 Å². The second-order valence-corrected chi connectivity index (χ2v) is 15.9. The summed E-state index contributed by atoms with van der Waals surface area (Å²) >= 11 is 0. The minimum absolute atomic E-state index is 0.0325. The molecule has 2 bridgehead atoms. The van der Waals surface area contributed by atoms with Crippen LogP contribution in [0.5, 0.6) is 86.2 Å². The number of phenolic OH excluding ortho intramolecular Hbond substituents is 11. The van der Waals surface area contributed by atoms with Gasteiger partial charge in [-0.25, -0.2) is 0 Å². The number of rotatable bonds is 4. The van der Waals surface area contributed by atoms with Gasteiger partial charge in [0.1, 0.15) is 70.1 Å². The van der Waals surface area contributed by atoms with Gasteiger partial charge in [-0.05, 0) is 53.6 Å². The first-order valence-electron chi connectivity index (χ1n) is 19.3. The van der Waals surface area contributed by atoms with E-state index in [1.807, 2.05) is 0 Å². The molecule has 0 unspecified atom stereocenters. The van der Waals surface area contributed by atoms with Crippen molar-refractivity contribution in [1.82, 2.24) is 0 Å². The highest BCUT2D eigenvalue weighted by molar-refractivity contribution is 5.72. The molecule has 324 valence electrons. The molecule has 0 fully saturated rings. The average Bonchev–Trinajstić information content (AvgIpc) is 3.22. The maximum atomic E-state index is 12.7. The average molecular weight is 865 g/mol. The molecule has 14 N–H and O–H groups in total. The van der Waals surface area contributed by atoms with Crippen LogP contribution in [0.1, 0.15) is 68.6 Å². The summed E-state index contributed by atoms with van der Waals surface area (Å²) in [5, 5.41) is 155. The van der Waals surface area contributed by atoms with E-state index in [1.54, 1.807) is 0 Å². The number of benzene rings is 6. The maximum Gasteiger partial charge on any atom is 0.305 e. The van der Waals surface area contributed by atoms with Gasteiger partial charge in [0.05, 0.1) is 17.9 Å². The predicted molar refractivity (Wildman–Crippen MR) is 212 cm³/mol. The van der Waals surface area contributed by atoms with Crippen molar-refractivity contribution in [3.8, 4) is 86.2 Å². The number of hydrogen-bond acceptors (Lipinski definition) is 18. The molecule has 4 heterocycles. The van der Waals surface area contributed by atoms with E-state index in [9.17, 15) is 71.5 Å². The van der Waals surface area contributed by atoms with E-state index in [2.05, 4.69) is 0 Å². The van der Waals surface area contributed by atoms with E-state index in [4.69, 9.17) is 18.9 Å². The summed E-state index contributed by atoms with van der Waals surface area (Å²) in [6, 6.07) is 15.0. The fraction of sp³-hybridized carbons (Fsp3) is 0.200. The Morgan fingerprint density at radius 2 is 1.03 bits per heavy atom. The van der Waals surface area contributed by atoms with Crippen molar-refractivity contribution in [2.24, 2.45) is 0 Å². The van der Waals surface area contributed by atoms with Gasteiger partial charge in [0.2, 0.25) is 0 Å². The predicted octanol–water partition coefficient (Wildman–Crippen LogP) is 4.24. The van der Waals surface area contributed by atoms with E-state index in [1.165, 1.54) is 24.3 Å². The van der Waals surface area contributed by atoms with Crippen molar-refractivity contribution in [2.75, 3.05) is 0 Å². The lowest BCUT2D eigenvalue weighted by atomic mass is 9.72. The number of ether oxygens (including phenoxy) is 4. The number of hydrogen-bond donors (Lipinski definition) is 14. The molecule has 0 aromatic heterocycles. The largest absolute Gasteiger partial charge is 0.508 e. The summed E-state index contributed by atoms with van der Waals surface area (Å²) in [5.74, 6) is -12.6. The molecule has 4 aliphatic rings. The first kappa shape index (κ1) is 39.3. The Kier molecular flexibility index (Phi) is 8.49. The van der Waals surface area contributed by atoms with Crippen LogP contribution in [0.3, 0.4) is 0 Å². The lowest BCUT2D eigenvalue weighted by Gasteiger charge is -2.50. The molecule has 6 aromatic carbocycles. The molecule has 4 aliphatic heterocycles. The van der Waals surface area contributed by atoms with Crippen LogP contribution < -0.4 is 18.9 Å². The number of aromatic hydroxyl groups is 11. The maximum absolute atomic E-state index is 12.7. The molecule has 10 rings (SSSR count). The number of fused-ring (bicyclic) bond motifs is 8. The van der Waals surface area contributed by atoms with E-state index < -0.39 is 111 Å². The van der Waals surface area contributed by atoms with Crippen LogP contribution in [0.25, 0.3) is 0 Å². The van der Waals surface area contributed by atoms with Crippen LogP contribution in [-0.2, 0) is 12.2 Å². The van der Waals surface area contributed by atoms with Gasteiger partial charge in [0.15, 0.2) is 40.6 Å².